The van der Waals surface area contributed by atoms with Gasteiger partial charge in [-0.25, -0.2) is 4.79 Å². The minimum Gasteiger partial charge on any atom is -0.507 e. The van der Waals surface area contributed by atoms with Gasteiger partial charge in [0.2, 0.25) is 0 Å². The Kier molecular flexibility index (Phi) is 7.63. The first-order chi connectivity index (χ1) is 18.4. The predicted molar refractivity (Wildman–Crippen MR) is 149 cm³/mol. The van der Waals surface area contributed by atoms with Crippen molar-refractivity contribution in [3.63, 3.8) is 0 Å². The Balaban J connectivity index is 1.82. The molecule has 0 saturated carbocycles. The summed E-state index contributed by atoms with van der Waals surface area (Å²) in [5, 5.41) is 20.6. The summed E-state index contributed by atoms with van der Waals surface area (Å²) in [6.07, 6.45) is -0.0816. The third kappa shape index (κ3) is 5.87. The van der Waals surface area contributed by atoms with Gasteiger partial charge in [0.05, 0.1) is 23.3 Å². The van der Waals surface area contributed by atoms with Gasteiger partial charge in [-0.2, -0.15) is 0 Å². The van der Waals surface area contributed by atoms with Crippen molar-refractivity contribution in [3.05, 3.63) is 106 Å². The van der Waals surface area contributed by atoms with E-state index in [1.165, 1.54) is 17.0 Å². The Bertz CT molecular complexity index is 1430. The molecule has 3 aromatic rings. The second-order valence-corrected chi connectivity index (χ2v) is 11.0. The lowest BCUT2D eigenvalue weighted by molar-refractivity contribution is -0.140. The van der Waals surface area contributed by atoms with Gasteiger partial charge >= 0.3 is 5.97 Å². The Morgan fingerprint density at radius 3 is 2.13 bits per heavy atom. The van der Waals surface area contributed by atoms with Gasteiger partial charge in [-0.1, -0.05) is 69.3 Å². The molecule has 0 spiro atoms. The quantitative estimate of drug-likeness (QED) is 0.219. The topological polar surface area (TPSA) is 104 Å². The van der Waals surface area contributed by atoms with E-state index in [4.69, 9.17) is 4.74 Å². The molecule has 1 fully saturated rings. The van der Waals surface area contributed by atoms with Crippen LogP contribution in [0.5, 0.6) is 5.75 Å². The highest BCUT2D eigenvalue weighted by Crippen LogP contribution is 2.41. The fourth-order valence-electron chi connectivity index (χ4n) is 4.65. The highest BCUT2D eigenvalue weighted by molar-refractivity contribution is 6.46. The number of aromatic carboxylic acids is 1. The number of benzene rings is 3. The molecule has 1 unspecified atom stereocenters. The fraction of sp³-hybridized carbons (Fsp3) is 0.281. The number of aliphatic hydroxyl groups excluding tert-OH is 1. The molecular formula is C32H33NO6. The summed E-state index contributed by atoms with van der Waals surface area (Å²) in [5.41, 5.74) is 2.82. The van der Waals surface area contributed by atoms with Gasteiger partial charge in [-0.3, -0.25) is 9.59 Å². The molecule has 2 N–H and O–H groups in total. The van der Waals surface area contributed by atoms with Crippen LogP contribution in [0.4, 0.5) is 0 Å². The van der Waals surface area contributed by atoms with Gasteiger partial charge < -0.3 is 19.8 Å². The zero-order chi connectivity index (χ0) is 28.5. The number of carboxylic acid groups (broad SMARTS) is 1. The summed E-state index contributed by atoms with van der Waals surface area (Å²) in [7, 11) is 0. The van der Waals surface area contributed by atoms with Crippen LogP contribution in [0.2, 0.25) is 0 Å². The smallest absolute Gasteiger partial charge is 0.335 e. The molecule has 39 heavy (non-hydrogen) atoms. The first-order valence-corrected chi connectivity index (χ1v) is 12.8. The molecule has 0 aromatic heterocycles. The van der Waals surface area contributed by atoms with E-state index >= 15 is 0 Å². The SMILES string of the molecule is CC(C)Oc1cccc(/C(O)=C2\C(=O)C(=O)N(Cc3ccc(C(=O)O)cc3)C2c2ccc(C(C)(C)C)cc2)c1. The number of hydrogen-bond acceptors (Lipinski definition) is 5. The van der Waals surface area contributed by atoms with Gasteiger partial charge in [0.1, 0.15) is 11.5 Å². The average molecular weight is 528 g/mol. The van der Waals surface area contributed by atoms with Crippen molar-refractivity contribution in [2.45, 2.75) is 58.7 Å². The second kappa shape index (κ2) is 10.8. The van der Waals surface area contributed by atoms with Crippen LogP contribution in [-0.4, -0.2) is 38.9 Å². The van der Waals surface area contributed by atoms with E-state index in [9.17, 15) is 24.6 Å². The number of carbonyl (C=O) groups is 3. The Morgan fingerprint density at radius 1 is 0.923 bits per heavy atom. The predicted octanol–water partition coefficient (Wildman–Crippen LogP) is 6.09. The fourth-order valence-corrected chi connectivity index (χ4v) is 4.65. The zero-order valence-electron chi connectivity index (χ0n) is 22.8. The standard InChI is InChI=1S/C32H33NO6/c1-19(2)39-25-8-6-7-23(17-25)28(34)26-27(21-13-15-24(16-14-21)32(3,4)5)33(30(36)29(26)35)18-20-9-11-22(12-10-20)31(37)38/h6-17,19,27,34H,18H2,1-5H3,(H,37,38)/b28-26+. The number of nitrogens with zero attached hydrogens (tertiary/aromatic N) is 1. The van der Waals surface area contributed by atoms with E-state index in [1.54, 1.807) is 36.4 Å². The van der Waals surface area contributed by atoms with E-state index < -0.39 is 23.7 Å². The number of aliphatic hydroxyl groups is 1. The summed E-state index contributed by atoms with van der Waals surface area (Å²) < 4.78 is 5.76. The molecule has 1 saturated heterocycles. The van der Waals surface area contributed by atoms with Crippen LogP contribution in [0.1, 0.15) is 73.3 Å². The molecule has 7 heteroatoms. The van der Waals surface area contributed by atoms with Gasteiger partial charge in [-0.15, -0.1) is 0 Å². The molecule has 1 aliphatic rings. The Labute approximate surface area is 228 Å². The van der Waals surface area contributed by atoms with Gasteiger partial charge in [0, 0.05) is 12.1 Å². The highest BCUT2D eigenvalue weighted by atomic mass is 16.5. The van der Waals surface area contributed by atoms with E-state index in [0.717, 1.165) is 5.56 Å². The van der Waals surface area contributed by atoms with E-state index in [-0.39, 0.29) is 35.0 Å². The summed E-state index contributed by atoms with van der Waals surface area (Å²) in [5.74, 6) is -2.32. The van der Waals surface area contributed by atoms with E-state index in [1.807, 2.05) is 38.1 Å². The van der Waals surface area contributed by atoms with Crippen LogP contribution in [0.25, 0.3) is 5.76 Å². The van der Waals surface area contributed by atoms with Crippen LogP contribution >= 0.6 is 0 Å². The molecule has 1 heterocycles. The van der Waals surface area contributed by atoms with Crippen LogP contribution in [0.3, 0.4) is 0 Å². The number of hydrogen-bond donors (Lipinski definition) is 2. The first kappa shape index (κ1) is 27.6. The minimum atomic E-state index is -1.05. The lowest BCUT2D eigenvalue weighted by Crippen LogP contribution is -2.29. The van der Waals surface area contributed by atoms with Gasteiger partial charge in [0.25, 0.3) is 11.7 Å². The minimum absolute atomic E-state index is 0.00707. The van der Waals surface area contributed by atoms with Crippen molar-refractivity contribution in [2.24, 2.45) is 0 Å². The summed E-state index contributed by atoms with van der Waals surface area (Å²) >= 11 is 0. The van der Waals surface area contributed by atoms with Crippen molar-refractivity contribution in [2.75, 3.05) is 0 Å². The number of ketones is 1. The third-order valence-corrected chi connectivity index (χ3v) is 6.67. The molecule has 4 rings (SSSR count). The molecular weight excluding hydrogens is 494 g/mol. The van der Waals surface area contributed by atoms with Crippen LogP contribution in [-0.2, 0) is 21.5 Å². The average Bonchev–Trinajstić information content (AvgIpc) is 3.13. The number of amides is 1. The third-order valence-electron chi connectivity index (χ3n) is 6.67. The largest absolute Gasteiger partial charge is 0.507 e. The number of carbonyl (C=O) groups excluding carboxylic acids is 2. The lowest BCUT2D eigenvalue weighted by Gasteiger charge is -2.26. The van der Waals surface area contributed by atoms with Gasteiger partial charge in [-0.05, 0) is 60.2 Å². The maximum atomic E-state index is 13.4. The summed E-state index contributed by atoms with van der Waals surface area (Å²) in [4.78, 5) is 39.5. The molecule has 0 bridgehead atoms. The molecule has 1 atom stereocenters. The number of carboxylic acids is 1. The molecule has 1 amide bonds. The maximum Gasteiger partial charge on any atom is 0.335 e. The second-order valence-electron chi connectivity index (χ2n) is 11.0. The lowest BCUT2D eigenvalue weighted by atomic mass is 9.85. The summed E-state index contributed by atoms with van der Waals surface area (Å²) in [6.45, 7) is 10.1. The zero-order valence-corrected chi connectivity index (χ0v) is 22.8. The number of rotatable bonds is 7. The van der Waals surface area contributed by atoms with Crippen LogP contribution < -0.4 is 4.74 Å². The molecule has 0 aliphatic carbocycles. The first-order valence-electron chi connectivity index (χ1n) is 12.8. The van der Waals surface area contributed by atoms with E-state index in [2.05, 4.69) is 20.8 Å². The molecule has 7 nitrogen and oxygen atoms in total. The normalized spacial score (nSPS) is 17.1. The number of ether oxygens (including phenoxy) is 1. The monoisotopic (exact) mass is 527 g/mol. The molecule has 202 valence electrons. The molecule has 3 aromatic carbocycles. The number of likely N-dealkylation sites (tertiary alicyclic amines) is 1. The van der Waals surface area contributed by atoms with Crippen molar-refractivity contribution in [3.8, 4) is 5.75 Å². The number of Topliss-reactive ketones (excluding diaryl/α,β-unsaturated/α-hetero) is 1. The molecule has 1 aliphatic heterocycles. The van der Waals surface area contributed by atoms with Crippen LogP contribution in [0.15, 0.2) is 78.4 Å². The maximum absolute atomic E-state index is 13.4. The Hall–Kier alpha value is -4.39. The highest BCUT2D eigenvalue weighted by Gasteiger charge is 2.46. The molecule has 0 radical (unpaired) electrons. The van der Waals surface area contributed by atoms with Crippen molar-refractivity contribution >= 4 is 23.4 Å². The van der Waals surface area contributed by atoms with Crippen LogP contribution in [0, 0.1) is 0 Å². The van der Waals surface area contributed by atoms with E-state index in [0.29, 0.717) is 22.4 Å². The van der Waals surface area contributed by atoms with Gasteiger partial charge in [0.15, 0.2) is 0 Å². The van der Waals surface area contributed by atoms with Crippen molar-refractivity contribution < 1.29 is 29.3 Å². The summed E-state index contributed by atoms with van der Waals surface area (Å²) in [6, 6.07) is 19.8. The van der Waals surface area contributed by atoms with Crippen molar-refractivity contribution in [1.82, 2.24) is 4.90 Å². The Morgan fingerprint density at radius 2 is 1.56 bits per heavy atom. The van der Waals surface area contributed by atoms with Crippen molar-refractivity contribution in [1.29, 1.82) is 0 Å².